The van der Waals surface area contributed by atoms with E-state index < -0.39 is 0 Å². The number of thiophene rings is 1. The first-order valence-corrected chi connectivity index (χ1v) is 10.4. The van der Waals surface area contributed by atoms with Gasteiger partial charge in [-0.2, -0.15) is 0 Å². The minimum atomic E-state index is 0.275. The Morgan fingerprint density at radius 3 is 2.46 bits per heavy atom. The summed E-state index contributed by atoms with van der Waals surface area (Å²) in [6, 6.07) is 4.05. The Labute approximate surface area is 152 Å². The second-order valence-corrected chi connectivity index (χ2v) is 8.21. The van der Waals surface area contributed by atoms with Crippen LogP contribution in [0.25, 0.3) is 0 Å². The van der Waals surface area contributed by atoms with Gasteiger partial charge in [-0.25, -0.2) is 0 Å². The molecule has 0 aromatic carbocycles. The molecule has 0 fully saturated rings. The summed E-state index contributed by atoms with van der Waals surface area (Å²) in [6.45, 7) is 14.8. The van der Waals surface area contributed by atoms with Gasteiger partial charge in [-0.1, -0.05) is 58.7 Å². The highest BCUT2D eigenvalue weighted by molar-refractivity contribution is 7.12. The van der Waals surface area contributed by atoms with Crippen molar-refractivity contribution in [2.24, 2.45) is 16.5 Å². The van der Waals surface area contributed by atoms with E-state index >= 15 is 0 Å². The van der Waals surface area contributed by atoms with E-state index in [9.17, 15) is 5.21 Å². The zero-order chi connectivity index (χ0) is 18.0. The molecule has 1 aromatic heterocycles. The third-order valence-electron chi connectivity index (χ3n) is 5.51. The van der Waals surface area contributed by atoms with Gasteiger partial charge in [0.1, 0.15) is 0 Å². The van der Waals surface area contributed by atoms with Crippen molar-refractivity contribution in [3.63, 3.8) is 0 Å². The first kappa shape index (κ1) is 21.2. The second kappa shape index (κ2) is 10.9. The van der Waals surface area contributed by atoms with Gasteiger partial charge in [-0.3, -0.25) is 0 Å². The van der Waals surface area contributed by atoms with Crippen molar-refractivity contribution in [3.8, 4) is 0 Å². The Morgan fingerprint density at radius 1 is 1.25 bits per heavy atom. The Bertz CT molecular complexity index is 466. The van der Waals surface area contributed by atoms with Crippen LogP contribution >= 0.6 is 11.3 Å². The standard InChI is InChI=1S/C20H36N2OS/c1-6-13-22(15-12-20(5,7-2)8-3)14-11-17(4)19(21-23)18-10-9-16-24-18/h9-10,16-17,23H,6-8,11-15H2,1-5H3/b21-19-. The van der Waals surface area contributed by atoms with Crippen molar-refractivity contribution < 1.29 is 5.21 Å². The fourth-order valence-corrected chi connectivity index (χ4v) is 3.83. The molecule has 1 unspecified atom stereocenters. The van der Waals surface area contributed by atoms with E-state index in [2.05, 4.69) is 44.7 Å². The average Bonchev–Trinajstić information content (AvgIpc) is 3.12. The van der Waals surface area contributed by atoms with E-state index in [4.69, 9.17) is 0 Å². The number of hydrogen-bond donors (Lipinski definition) is 1. The number of oxime groups is 1. The molecule has 0 aliphatic carbocycles. The normalized spacial score (nSPS) is 14.3. The van der Waals surface area contributed by atoms with Crippen molar-refractivity contribution in [2.45, 2.75) is 66.7 Å². The van der Waals surface area contributed by atoms with Crippen LogP contribution in [0.4, 0.5) is 0 Å². The fraction of sp³-hybridized carbons (Fsp3) is 0.750. The van der Waals surface area contributed by atoms with Crippen molar-refractivity contribution in [3.05, 3.63) is 22.4 Å². The molecule has 1 rings (SSSR count). The SMILES string of the molecule is CCCN(CCC(C)/C(=N/O)c1cccs1)CCC(C)(CC)CC. The maximum absolute atomic E-state index is 9.39. The van der Waals surface area contributed by atoms with Gasteiger partial charge in [-0.05, 0) is 55.8 Å². The smallest absolute Gasteiger partial charge is 0.0995 e. The molecule has 1 atom stereocenters. The lowest BCUT2D eigenvalue weighted by Crippen LogP contribution is -2.32. The fourth-order valence-electron chi connectivity index (χ4n) is 3.01. The molecule has 138 valence electrons. The summed E-state index contributed by atoms with van der Waals surface area (Å²) in [4.78, 5) is 3.67. The number of hydrogen-bond acceptors (Lipinski definition) is 4. The molecule has 0 amide bonds. The molecule has 0 aliphatic rings. The quantitative estimate of drug-likeness (QED) is 0.289. The third kappa shape index (κ3) is 6.56. The lowest BCUT2D eigenvalue weighted by molar-refractivity contribution is 0.190. The molecule has 0 aliphatic heterocycles. The van der Waals surface area contributed by atoms with Crippen LogP contribution in [-0.4, -0.2) is 35.5 Å². The van der Waals surface area contributed by atoms with Gasteiger partial charge in [0.05, 0.1) is 10.6 Å². The lowest BCUT2D eigenvalue weighted by Gasteiger charge is -2.31. The molecule has 4 heteroatoms. The maximum Gasteiger partial charge on any atom is 0.0995 e. The molecule has 3 nitrogen and oxygen atoms in total. The van der Waals surface area contributed by atoms with E-state index in [1.54, 1.807) is 11.3 Å². The zero-order valence-corrected chi connectivity index (χ0v) is 17.0. The highest BCUT2D eigenvalue weighted by Gasteiger charge is 2.21. The highest BCUT2D eigenvalue weighted by atomic mass is 32.1. The minimum absolute atomic E-state index is 0.275. The van der Waals surface area contributed by atoms with Crippen LogP contribution in [0, 0.1) is 11.3 Å². The van der Waals surface area contributed by atoms with Crippen molar-refractivity contribution >= 4 is 17.0 Å². The van der Waals surface area contributed by atoms with Gasteiger partial charge in [-0.15, -0.1) is 11.3 Å². The lowest BCUT2D eigenvalue weighted by atomic mass is 9.81. The number of nitrogens with zero attached hydrogens (tertiary/aromatic N) is 2. The van der Waals surface area contributed by atoms with Crippen LogP contribution in [0.15, 0.2) is 22.7 Å². The topological polar surface area (TPSA) is 35.8 Å². The predicted octanol–water partition coefficient (Wildman–Crippen LogP) is 5.88. The van der Waals surface area contributed by atoms with E-state index in [0.717, 1.165) is 30.1 Å². The highest BCUT2D eigenvalue weighted by Crippen LogP contribution is 2.30. The van der Waals surface area contributed by atoms with Gasteiger partial charge in [0.25, 0.3) is 0 Å². The molecule has 0 spiro atoms. The molecule has 0 saturated carbocycles. The Morgan fingerprint density at radius 2 is 1.96 bits per heavy atom. The predicted molar refractivity (Wildman–Crippen MR) is 106 cm³/mol. The zero-order valence-electron chi connectivity index (χ0n) is 16.2. The molecule has 24 heavy (non-hydrogen) atoms. The first-order chi connectivity index (χ1) is 11.5. The molecule has 1 aromatic rings. The van der Waals surface area contributed by atoms with Crippen molar-refractivity contribution in [2.75, 3.05) is 19.6 Å². The summed E-state index contributed by atoms with van der Waals surface area (Å²) in [5.74, 6) is 0.275. The van der Waals surface area contributed by atoms with Crippen LogP contribution in [0.2, 0.25) is 0 Å². The van der Waals surface area contributed by atoms with E-state index in [1.165, 1.54) is 32.2 Å². The monoisotopic (exact) mass is 352 g/mol. The van der Waals surface area contributed by atoms with Crippen molar-refractivity contribution in [1.29, 1.82) is 0 Å². The Kier molecular flexibility index (Phi) is 9.60. The summed E-state index contributed by atoms with van der Waals surface area (Å²) in [6.07, 6.45) is 5.99. The van der Waals surface area contributed by atoms with E-state index in [-0.39, 0.29) is 5.92 Å². The van der Waals surface area contributed by atoms with Crippen LogP contribution < -0.4 is 0 Å². The largest absolute Gasteiger partial charge is 0.411 e. The van der Waals surface area contributed by atoms with Crippen molar-refractivity contribution in [1.82, 2.24) is 4.90 Å². The molecular weight excluding hydrogens is 316 g/mol. The average molecular weight is 353 g/mol. The number of rotatable bonds is 12. The van der Waals surface area contributed by atoms with E-state index in [1.807, 2.05) is 17.5 Å². The molecule has 0 saturated heterocycles. The molecule has 1 heterocycles. The van der Waals surface area contributed by atoms with Gasteiger partial charge in [0.15, 0.2) is 0 Å². The molecule has 0 bridgehead atoms. The minimum Gasteiger partial charge on any atom is -0.411 e. The summed E-state index contributed by atoms with van der Waals surface area (Å²) < 4.78 is 0. The third-order valence-corrected chi connectivity index (χ3v) is 6.40. The van der Waals surface area contributed by atoms with E-state index in [0.29, 0.717) is 5.41 Å². The summed E-state index contributed by atoms with van der Waals surface area (Å²) in [5, 5.41) is 15.0. The summed E-state index contributed by atoms with van der Waals surface area (Å²) >= 11 is 1.64. The van der Waals surface area contributed by atoms with Gasteiger partial charge in [0, 0.05) is 5.92 Å². The van der Waals surface area contributed by atoms with Crippen LogP contribution in [0.1, 0.15) is 71.6 Å². The summed E-state index contributed by atoms with van der Waals surface area (Å²) in [7, 11) is 0. The van der Waals surface area contributed by atoms with Gasteiger partial charge >= 0.3 is 0 Å². The van der Waals surface area contributed by atoms with Gasteiger partial charge in [0.2, 0.25) is 0 Å². The first-order valence-electron chi connectivity index (χ1n) is 9.47. The Hall–Kier alpha value is -0.870. The molecular formula is C20H36N2OS. The molecule has 1 N–H and O–H groups in total. The van der Waals surface area contributed by atoms with Crippen LogP contribution in [0.5, 0.6) is 0 Å². The second-order valence-electron chi connectivity index (χ2n) is 7.26. The maximum atomic E-state index is 9.39. The van der Waals surface area contributed by atoms with Crippen LogP contribution in [0.3, 0.4) is 0 Å². The Balaban J connectivity index is 2.56. The van der Waals surface area contributed by atoms with Crippen LogP contribution in [-0.2, 0) is 0 Å². The summed E-state index contributed by atoms with van der Waals surface area (Å²) in [5.41, 5.74) is 1.29. The molecule has 0 radical (unpaired) electrons. The van der Waals surface area contributed by atoms with Gasteiger partial charge < -0.3 is 10.1 Å².